The highest BCUT2D eigenvalue weighted by atomic mass is 35.5. The first-order chi connectivity index (χ1) is 12.5. The summed E-state index contributed by atoms with van der Waals surface area (Å²) in [4.78, 5) is 15.2. The quantitative estimate of drug-likeness (QED) is 0.730. The van der Waals surface area contributed by atoms with Crippen molar-refractivity contribution in [3.8, 4) is 5.75 Å². The lowest BCUT2D eigenvalue weighted by atomic mass is 10.1. The van der Waals surface area contributed by atoms with Crippen LogP contribution >= 0.6 is 34.5 Å². The number of halogens is 2. The predicted octanol–water partition coefficient (Wildman–Crippen LogP) is 3.36. The highest BCUT2D eigenvalue weighted by Gasteiger charge is 2.33. The van der Waals surface area contributed by atoms with Gasteiger partial charge in [0, 0.05) is 17.9 Å². The van der Waals surface area contributed by atoms with Crippen LogP contribution in [0.25, 0.3) is 0 Å². The summed E-state index contributed by atoms with van der Waals surface area (Å²) in [5.41, 5.74) is 0. The van der Waals surface area contributed by atoms with Gasteiger partial charge in [-0.1, -0.05) is 29.3 Å². The number of hydrogen-bond acceptors (Lipinski definition) is 3. The molecule has 1 fully saturated rings. The number of nitrogens with one attached hydrogen (secondary N) is 2. The van der Waals surface area contributed by atoms with Crippen molar-refractivity contribution in [3.63, 3.8) is 0 Å². The van der Waals surface area contributed by atoms with Gasteiger partial charge < -0.3 is 15.0 Å². The number of rotatable bonds is 7. The maximum atomic E-state index is 12.4. The first kappa shape index (κ1) is 19.5. The maximum absolute atomic E-state index is 12.4. The third-order valence-corrected chi connectivity index (χ3v) is 6.16. The Bertz CT molecular complexity index is 733. The van der Waals surface area contributed by atoms with Gasteiger partial charge in [0.2, 0.25) is 0 Å². The summed E-state index contributed by atoms with van der Waals surface area (Å²) in [5, 5.41) is 6.13. The zero-order valence-corrected chi connectivity index (χ0v) is 17.0. The van der Waals surface area contributed by atoms with Crippen molar-refractivity contribution in [2.75, 3.05) is 19.7 Å². The van der Waals surface area contributed by atoms with Crippen molar-refractivity contribution >= 4 is 40.4 Å². The zero-order valence-electron chi connectivity index (χ0n) is 14.6. The van der Waals surface area contributed by atoms with Gasteiger partial charge in [0.15, 0.2) is 6.61 Å². The lowest BCUT2D eigenvalue weighted by molar-refractivity contribution is -0.920. The van der Waals surface area contributed by atoms with Crippen LogP contribution in [-0.2, 0) is 4.79 Å². The topological polar surface area (TPSA) is 42.8 Å². The van der Waals surface area contributed by atoms with Crippen LogP contribution in [0.2, 0.25) is 10.0 Å². The Hall–Kier alpha value is -1.27. The minimum Gasteiger partial charge on any atom is -0.482 e. The van der Waals surface area contributed by atoms with Crippen LogP contribution in [0.4, 0.5) is 0 Å². The Labute approximate surface area is 168 Å². The van der Waals surface area contributed by atoms with E-state index in [1.165, 1.54) is 17.7 Å². The largest absolute Gasteiger partial charge is 0.482 e. The summed E-state index contributed by atoms with van der Waals surface area (Å²) in [6, 6.07) is 9.49. The van der Waals surface area contributed by atoms with Crippen LogP contribution in [0, 0.1) is 0 Å². The molecule has 0 radical (unpaired) electrons. The lowest BCUT2D eigenvalue weighted by Crippen LogP contribution is -3.11. The van der Waals surface area contributed by atoms with Crippen molar-refractivity contribution in [1.82, 2.24) is 5.32 Å². The van der Waals surface area contributed by atoms with Crippen molar-refractivity contribution < 1.29 is 14.4 Å². The summed E-state index contributed by atoms with van der Waals surface area (Å²) >= 11 is 13.7. The van der Waals surface area contributed by atoms with E-state index in [9.17, 15) is 4.79 Å². The number of hydrogen-bond donors (Lipinski definition) is 2. The van der Waals surface area contributed by atoms with Crippen LogP contribution in [-0.4, -0.2) is 31.6 Å². The van der Waals surface area contributed by atoms with E-state index in [0.717, 1.165) is 13.1 Å². The van der Waals surface area contributed by atoms with E-state index in [1.54, 1.807) is 34.4 Å². The van der Waals surface area contributed by atoms with Crippen LogP contribution in [0.5, 0.6) is 5.75 Å². The summed E-state index contributed by atoms with van der Waals surface area (Å²) in [5.74, 6) is 0.308. The molecular formula is C19H23Cl2N2O2S+. The van der Waals surface area contributed by atoms with E-state index in [4.69, 9.17) is 27.9 Å². The van der Waals surface area contributed by atoms with Crippen molar-refractivity contribution in [2.24, 2.45) is 0 Å². The fourth-order valence-electron chi connectivity index (χ4n) is 3.52. The minimum absolute atomic E-state index is 0.0264. The highest BCUT2D eigenvalue weighted by molar-refractivity contribution is 7.10. The van der Waals surface area contributed by atoms with Gasteiger partial charge in [-0.2, -0.15) is 0 Å². The summed E-state index contributed by atoms with van der Waals surface area (Å²) in [6.07, 6.45) is 2.49. The Kier molecular flexibility index (Phi) is 6.81. The van der Waals surface area contributed by atoms with E-state index in [0.29, 0.717) is 15.8 Å². The average Bonchev–Trinajstić information content (AvgIpc) is 3.28. The van der Waals surface area contributed by atoms with E-state index in [2.05, 4.69) is 29.8 Å². The molecule has 0 saturated carbocycles. The number of carbonyl (C=O) groups excluding carboxylic acids is 1. The number of likely N-dealkylation sites (tertiary alicyclic amines) is 1. The number of benzene rings is 1. The Morgan fingerprint density at radius 3 is 2.73 bits per heavy atom. The number of amides is 1. The summed E-state index contributed by atoms with van der Waals surface area (Å²) < 4.78 is 5.54. The molecule has 26 heavy (non-hydrogen) atoms. The monoisotopic (exact) mass is 413 g/mol. The molecule has 2 atom stereocenters. The van der Waals surface area contributed by atoms with Gasteiger partial charge in [0.05, 0.1) is 29.0 Å². The molecule has 2 aromatic rings. The van der Waals surface area contributed by atoms with Crippen molar-refractivity contribution in [3.05, 3.63) is 50.6 Å². The molecule has 1 aromatic heterocycles. The fourth-order valence-corrected chi connectivity index (χ4v) is 4.98. The van der Waals surface area contributed by atoms with E-state index >= 15 is 0 Å². The second kappa shape index (κ2) is 9.09. The van der Waals surface area contributed by atoms with Crippen LogP contribution in [0.15, 0.2) is 35.7 Å². The molecule has 1 aliphatic heterocycles. The van der Waals surface area contributed by atoms with Crippen molar-refractivity contribution in [1.29, 1.82) is 0 Å². The van der Waals surface area contributed by atoms with Gasteiger partial charge in [0.25, 0.3) is 5.91 Å². The summed E-state index contributed by atoms with van der Waals surface area (Å²) in [7, 11) is 0. The third kappa shape index (κ3) is 4.92. The molecule has 140 valence electrons. The molecule has 4 nitrogen and oxygen atoms in total. The fraction of sp³-hybridized carbons (Fsp3) is 0.421. The Balaban J connectivity index is 1.59. The molecular weight excluding hydrogens is 391 g/mol. The number of thiophene rings is 1. The second-order valence-corrected chi connectivity index (χ2v) is 8.40. The van der Waals surface area contributed by atoms with Crippen molar-refractivity contribution in [2.45, 2.75) is 31.8 Å². The molecule has 1 aliphatic rings. The molecule has 1 saturated heterocycles. The number of carbonyl (C=O) groups is 1. The molecule has 2 heterocycles. The van der Waals surface area contributed by atoms with E-state index in [-0.39, 0.29) is 24.6 Å². The average molecular weight is 414 g/mol. The van der Waals surface area contributed by atoms with E-state index in [1.807, 2.05) is 0 Å². The van der Waals surface area contributed by atoms with Gasteiger partial charge >= 0.3 is 0 Å². The first-order valence-electron chi connectivity index (χ1n) is 8.80. The zero-order chi connectivity index (χ0) is 18.5. The number of quaternary nitrogens is 1. The Morgan fingerprint density at radius 1 is 1.31 bits per heavy atom. The van der Waals surface area contributed by atoms with E-state index < -0.39 is 0 Å². The summed E-state index contributed by atoms with van der Waals surface area (Å²) in [6.45, 7) is 4.31. The normalized spacial score (nSPS) is 17.0. The van der Waals surface area contributed by atoms with Gasteiger partial charge in [-0.3, -0.25) is 4.79 Å². The maximum Gasteiger partial charge on any atom is 0.258 e. The second-order valence-electron chi connectivity index (χ2n) is 6.58. The molecule has 0 spiro atoms. The highest BCUT2D eigenvalue weighted by Crippen LogP contribution is 2.27. The molecule has 7 heteroatoms. The van der Waals surface area contributed by atoms with Crippen LogP contribution < -0.4 is 15.0 Å². The van der Waals surface area contributed by atoms with Gasteiger partial charge in [-0.05, 0) is 36.6 Å². The van der Waals surface area contributed by atoms with Gasteiger partial charge in [-0.15, -0.1) is 11.3 Å². The third-order valence-electron chi connectivity index (χ3n) is 4.68. The standard InChI is InChI=1S/C19H22Cl2N2O2S/c1-13(19(17-5-4-10-26-17)23-8-2-3-9-23)22-18(24)12-25-16-7-6-14(20)11-15(16)21/h4-7,10-11,13,19H,2-3,8-9,12H2,1H3,(H,22,24)/p+1/t13-,19-/m1/s1. The SMILES string of the molecule is C[C@@H](NC(=O)COc1ccc(Cl)cc1Cl)[C@H](c1cccs1)[NH+]1CCCC1. The smallest absolute Gasteiger partial charge is 0.258 e. The van der Waals surface area contributed by atoms with Gasteiger partial charge in [-0.25, -0.2) is 0 Å². The predicted molar refractivity (Wildman–Crippen MR) is 107 cm³/mol. The van der Waals surface area contributed by atoms with Crippen LogP contribution in [0.1, 0.15) is 30.7 Å². The molecule has 1 aromatic carbocycles. The number of ether oxygens (including phenoxy) is 1. The molecule has 2 N–H and O–H groups in total. The molecule has 3 rings (SSSR count). The first-order valence-corrected chi connectivity index (χ1v) is 10.4. The molecule has 1 amide bonds. The molecule has 0 aliphatic carbocycles. The van der Waals surface area contributed by atoms with Gasteiger partial charge in [0.1, 0.15) is 11.8 Å². The molecule has 0 bridgehead atoms. The lowest BCUT2D eigenvalue weighted by Gasteiger charge is -2.29. The Morgan fingerprint density at radius 2 is 2.08 bits per heavy atom. The van der Waals surface area contributed by atoms with Crippen LogP contribution in [0.3, 0.4) is 0 Å². The minimum atomic E-state index is -0.149. The molecule has 0 unspecified atom stereocenters.